The molecule has 0 fully saturated rings. The van der Waals surface area contributed by atoms with Crippen LogP contribution in [0.4, 0.5) is 0 Å². The molecule has 140 valence electrons. The molecule has 1 atom stereocenters. The molecule has 3 rings (SSSR count). The quantitative estimate of drug-likeness (QED) is 0.673. The zero-order valence-electron chi connectivity index (χ0n) is 16.2. The van der Waals surface area contributed by atoms with Crippen LogP contribution in [0.1, 0.15) is 48.5 Å². The highest BCUT2D eigenvalue weighted by Gasteiger charge is 2.12. The van der Waals surface area contributed by atoms with Gasteiger partial charge in [-0.2, -0.15) is 0 Å². The molecule has 0 bridgehead atoms. The van der Waals surface area contributed by atoms with Crippen LogP contribution < -0.4 is 5.32 Å². The fraction of sp³-hybridized carbons (Fsp3) is 0.318. The highest BCUT2D eigenvalue weighted by molar-refractivity contribution is 5.95. The van der Waals surface area contributed by atoms with E-state index in [-0.39, 0.29) is 11.9 Å². The third-order valence-corrected chi connectivity index (χ3v) is 4.57. The van der Waals surface area contributed by atoms with Crippen LogP contribution in [0.2, 0.25) is 0 Å². The first-order chi connectivity index (χ1) is 13.0. The van der Waals surface area contributed by atoms with Crippen molar-refractivity contribution in [3.05, 3.63) is 59.5 Å². The predicted octanol–water partition coefficient (Wildman–Crippen LogP) is 4.94. The summed E-state index contributed by atoms with van der Waals surface area (Å²) in [6.07, 6.45) is 2.03. The molecule has 5 heteroatoms. The minimum absolute atomic E-state index is 0.0330. The van der Waals surface area contributed by atoms with Crippen molar-refractivity contribution in [1.29, 1.82) is 0 Å². The molecule has 0 aliphatic heterocycles. The van der Waals surface area contributed by atoms with Crippen LogP contribution in [-0.4, -0.2) is 22.1 Å². The second-order valence-electron chi connectivity index (χ2n) is 6.90. The van der Waals surface area contributed by atoms with Crippen molar-refractivity contribution >= 4 is 5.91 Å². The lowest BCUT2D eigenvalue weighted by molar-refractivity contribution is 0.0938. The number of hydrogen-bond acceptors (Lipinski definition) is 4. The van der Waals surface area contributed by atoms with Crippen LogP contribution in [0, 0.1) is 13.8 Å². The van der Waals surface area contributed by atoms with Crippen LogP contribution in [0.25, 0.3) is 22.6 Å². The molecule has 2 aromatic carbocycles. The van der Waals surface area contributed by atoms with Crippen LogP contribution in [0.3, 0.4) is 0 Å². The number of carbonyl (C=O) groups excluding carboxylic acids is 1. The van der Waals surface area contributed by atoms with E-state index in [1.54, 1.807) is 6.92 Å². The van der Waals surface area contributed by atoms with E-state index in [2.05, 4.69) is 29.4 Å². The summed E-state index contributed by atoms with van der Waals surface area (Å²) < 4.78 is 5.53. The Morgan fingerprint density at radius 1 is 1.07 bits per heavy atom. The number of nitrogens with one attached hydrogen (secondary N) is 1. The van der Waals surface area contributed by atoms with Crippen LogP contribution in [0.5, 0.6) is 0 Å². The van der Waals surface area contributed by atoms with Crippen LogP contribution in [0.15, 0.2) is 46.9 Å². The highest BCUT2D eigenvalue weighted by Crippen LogP contribution is 2.29. The van der Waals surface area contributed by atoms with E-state index in [0.29, 0.717) is 17.3 Å². The second kappa shape index (κ2) is 8.16. The molecule has 1 heterocycles. The molecule has 0 saturated heterocycles. The molecule has 0 spiro atoms. The van der Waals surface area contributed by atoms with Gasteiger partial charge >= 0.3 is 0 Å². The number of aryl methyl sites for hydroxylation is 2. The zero-order chi connectivity index (χ0) is 19.4. The fourth-order valence-electron chi connectivity index (χ4n) is 3.09. The van der Waals surface area contributed by atoms with Crippen molar-refractivity contribution < 1.29 is 9.21 Å². The Hall–Kier alpha value is -2.95. The summed E-state index contributed by atoms with van der Waals surface area (Å²) in [5, 5.41) is 11.0. The number of amides is 1. The molecule has 1 unspecified atom stereocenters. The van der Waals surface area contributed by atoms with Crippen molar-refractivity contribution in [2.45, 2.75) is 46.6 Å². The summed E-state index contributed by atoms with van der Waals surface area (Å²) in [7, 11) is 0. The molecule has 0 saturated carbocycles. The SMILES string of the molecule is CCCC(C)NC(=O)c1ccc(-c2cc(-c3nnc(C)o3)ccc2C)cc1. The number of rotatable bonds is 6. The van der Waals surface area contributed by atoms with Crippen molar-refractivity contribution in [1.82, 2.24) is 15.5 Å². The summed E-state index contributed by atoms with van der Waals surface area (Å²) in [6.45, 7) is 7.98. The Morgan fingerprint density at radius 2 is 1.78 bits per heavy atom. The molecule has 27 heavy (non-hydrogen) atoms. The Kier molecular flexibility index (Phi) is 5.69. The molecular weight excluding hydrogens is 338 g/mol. The summed E-state index contributed by atoms with van der Waals surface area (Å²) in [6, 6.07) is 13.9. The van der Waals surface area contributed by atoms with Gasteiger partial charge in [0.25, 0.3) is 5.91 Å². The van der Waals surface area contributed by atoms with Gasteiger partial charge in [0.15, 0.2) is 0 Å². The molecule has 0 aliphatic carbocycles. The van der Waals surface area contributed by atoms with Crippen molar-refractivity contribution in [3.8, 4) is 22.6 Å². The van der Waals surface area contributed by atoms with E-state index in [1.165, 1.54) is 0 Å². The summed E-state index contributed by atoms with van der Waals surface area (Å²) in [4.78, 5) is 12.3. The third-order valence-electron chi connectivity index (χ3n) is 4.57. The van der Waals surface area contributed by atoms with Gasteiger partial charge in [-0.25, -0.2) is 0 Å². The van der Waals surface area contributed by atoms with Crippen molar-refractivity contribution in [3.63, 3.8) is 0 Å². The Morgan fingerprint density at radius 3 is 2.41 bits per heavy atom. The fourth-order valence-corrected chi connectivity index (χ4v) is 3.09. The monoisotopic (exact) mass is 363 g/mol. The van der Waals surface area contributed by atoms with E-state index in [4.69, 9.17) is 4.42 Å². The lowest BCUT2D eigenvalue weighted by Crippen LogP contribution is -2.32. The maximum atomic E-state index is 12.3. The minimum Gasteiger partial charge on any atom is -0.421 e. The molecule has 0 aliphatic rings. The number of aromatic nitrogens is 2. The first kappa shape index (κ1) is 18.8. The van der Waals surface area contributed by atoms with E-state index in [1.807, 2.05) is 49.4 Å². The van der Waals surface area contributed by atoms with Gasteiger partial charge in [-0.15, -0.1) is 10.2 Å². The van der Waals surface area contributed by atoms with E-state index in [9.17, 15) is 4.79 Å². The van der Waals surface area contributed by atoms with Gasteiger partial charge in [-0.1, -0.05) is 31.5 Å². The predicted molar refractivity (Wildman–Crippen MR) is 106 cm³/mol. The number of benzene rings is 2. The Labute approximate surface area is 159 Å². The summed E-state index contributed by atoms with van der Waals surface area (Å²) in [5.74, 6) is 1.02. The summed E-state index contributed by atoms with van der Waals surface area (Å²) >= 11 is 0. The van der Waals surface area contributed by atoms with Crippen LogP contribution >= 0.6 is 0 Å². The smallest absolute Gasteiger partial charge is 0.251 e. The van der Waals surface area contributed by atoms with Crippen LogP contribution in [-0.2, 0) is 0 Å². The normalized spacial score (nSPS) is 12.0. The average molecular weight is 363 g/mol. The first-order valence-corrected chi connectivity index (χ1v) is 9.30. The molecular formula is C22H25N3O2. The third kappa shape index (κ3) is 4.42. The average Bonchev–Trinajstić information content (AvgIpc) is 3.09. The number of nitrogens with zero attached hydrogens (tertiary/aromatic N) is 2. The minimum atomic E-state index is -0.0330. The Bertz CT molecular complexity index is 929. The van der Waals surface area contributed by atoms with Gasteiger partial charge < -0.3 is 9.73 Å². The van der Waals surface area contributed by atoms with Gasteiger partial charge in [0.2, 0.25) is 11.8 Å². The molecule has 5 nitrogen and oxygen atoms in total. The first-order valence-electron chi connectivity index (χ1n) is 9.30. The van der Waals surface area contributed by atoms with E-state index < -0.39 is 0 Å². The van der Waals surface area contributed by atoms with Gasteiger partial charge in [0, 0.05) is 24.1 Å². The molecule has 1 N–H and O–H groups in total. The molecule has 0 radical (unpaired) electrons. The van der Waals surface area contributed by atoms with E-state index >= 15 is 0 Å². The topological polar surface area (TPSA) is 68.0 Å². The number of carbonyl (C=O) groups is 1. The zero-order valence-corrected chi connectivity index (χ0v) is 16.2. The highest BCUT2D eigenvalue weighted by atomic mass is 16.4. The molecule has 3 aromatic rings. The summed E-state index contributed by atoms with van der Waals surface area (Å²) in [5.41, 5.74) is 4.82. The van der Waals surface area contributed by atoms with Gasteiger partial charge in [0.1, 0.15) is 0 Å². The number of hydrogen-bond donors (Lipinski definition) is 1. The van der Waals surface area contributed by atoms with E-state index in [0.717, 1.165) is 35.1 Å². The van der Waals surface area contributed by atoms with Crippen molar-refractivity contribution in [2.75, 3.05) is 0 Å². The van der Waals surface area contributed by atoms with Gasteiger partial charge in [0.05, 0.1) is 0 Å². The standard InChI is InChI=1S/C22H25N3O2/c1-5-6-15(3)23-21(26)18-11-9-17(10-12-18)20-13-19(8-7-14(20)2)22-25-24-16(4)27-22/h7-13,15H,5-6H2,1-4H3,(H,23,26). The maximum Gasteiger partial charge on any atom is 0.251 e. The van der Waals surface area contributed by atoms with Gasteiger partial charge in [-0.3, -0.25) is 4.79 Å². The van der Waals surface area contributed by atoms with Crippen molar-refractivity contribution in [2.24, 2.45) is 0 Å². The Balaban J connectivity index is 1.83. The maximum absolute atomic E-state index is 12.3. The molecule has 1 aromatic heterocycles. The van der Waals surface area contributed by atoms with Gasteiger partial charge in [-0.05, 0) is 61.2 Å². The molecule has 1 amide bonds. The lowest BCUT2D eigenvalue weighted by atomic mass is 9.97. The second-order valence-corrected chi connectivity index (χ2v) is 6.90. The lowest BCUT2D eigenvalue weighted by Gasteiger charge is -2.13. The largest absolute Gasteiger partial charge is 0.421 e.